The van der Waals surface area contributed by atoms with Crippen LogP contribution in [0.2, 0.25) is 0 Å². The summed E-state index contributed by atoms with van der Waals surface area (Å²) in [6, 6.07) is 6.75. The topological polar surface area (TPSA) is 30.3 Å². The summed E-state index contributed by atoms with van der Waals surface area (Å²) >= 11 is 0. The van der Waals surface area contributed by atoms with Crippen molar-refractivity contribution >= 4 is 0 Å². The predicted molar refractivity (Wildman–Crippen MR) is 83.0 cm³/mol. The maximum Gasteiger partial charge on any atom is 0.123 e. The number of nitrogens with zero attached hydrogens (tertiary/aromatic N) is 3. The molecule has 1 unspecified atom stereocenters. The van der Waals surface area contributed by atoms with Crippen LogP contribution in [0.1, 0.15) is 29.7 Å². The molecule has 1 aromatic carbocycles. The smallest absolute Gasteiger partial charge is 0.123 e. The number of rotatable bonds is 5. The highest BCUT2D eigenvalue weighted by Gasteiger charge is 2.29. The van der Waals surface area contributed by atoms with E-state index in [9.17, 15) is 4.39 Å². The molecule has 1 aliphatic heterocycles. The maximum absolute atomic E-state index is 13.0. The van der Waals surface area contributed by atoms with Crippen LogP contribution in [0.5, 0.6) is 0 Å². The van der Waals surface area contributed by atoms with E-state index in [1.807, 2.05) is 18.3 Å². The number of benzene rings is 1. The van der Waals surface area contributed by atoms with Gasteiger partial charge in [0.25, 0.3) is 0 Å². The van der Waals surface area contributed by atoms with E-state index in [1.165, 1.54) is 23.4 Å². The maximum atomic E-state index is 13.0. The number of halogens is 1. The summed E-state index contributed by atoms with van der Waals surface area (Å²) in [4.78, 5) is 2.38. The summed E-state index contributed by atoms with van der Waals surface area (Å²) in [5.41, 5.74) is 3.71. The third-order valence-electron chi connectivity index (χ3n) is 4.21. The first-order chi connectivity index (χ1) is 10.7. The molecule has 0 aliphatic carbocycles. The summed E-state index contributed by atoms with van der Waals surface area (Å²) < 4.78 is 20.5. The van der Waals surface area contributed by atoms with Gasteiger partial charge in [-0.1, -0.05) is 12.1 Å². The van der Waals surface area contributed by atoms with Gasteiger partial charge in [0.15, 0.2) is 0 Å². The SMILES string of the molecule is CCn1ncc2c1C(COC)CN(Cc1ccc(F)cc1)C2. The van der Waals surface area contributed by atoms with E-state index < -0.39 is 0 Å². The largest absolute Gasteiger partial charge is 0.384 e. The van der Waals surface area contributed by atoms with Crippen LogP contribution >= 0.6 is 0 Å². The average molecular weight is 303 g/mol. The summed E-state index contributed by atoms with van der Waals surface area (Å²) in [6.45, 7) is 6.32. The lowest BCUT2D eigenvalue weighted by Gasteiger charge is -2.33. The van der Waals surface area contributed by atoms with Gasteiger partial charge < -0.3 is 4.74 Å². The molecule has 1 aliphatic rings. The van der Waals surface area contributed by atoms with E-state index in [4.69, 9.17) is 4.74 Å². The molecule has 118 valence electrons. The van der Waals surface area contributed by atoms with Gasteiger partial charge in [-0.3, -0.25) is 9.58 Å². The Labute approximate surface area is 130 Å². The fourth-order valence-corrected chi connectivity index (χ4v) is 3.29. The molecular weight excluding hydrogens is 281 g/mol. The van der Waals surface area contributed by atoms with Crippen LogP contribution in [0.3, 0.4) is 0 Å². The van der Waals surface area contributed by atoms with Crippen molar-refractivity contribution in [3.8, 4) is 0 Å². The van der Waals surface area contributed by atoms with Crippen molar-refractivity contribution in [3.63, 3.8) is 0 Å². The first kappa shape index (κ1) is 15.2. The van der Waals surface area contributed by atoms with Crippen LogP contribution in [-0.2, 0) is 24.4 Å². The van der Waals surface area contributed by atoms with E-state index in [2.05, 4.69) is 21.6 Å². The van der Waals surface area contributed by atoms with Crippen molar-refractivity contribution in [1.82, 2.24) is 14.7 Å². The van der Waals surface area contributed by atoms with E-state index in [1.54, 1.807) is 7.11 Å². The predicted octanol–water partition coefficient (Wildman–Crippen LogP) is 2.79. The molecule has 4 nitrogen and oxygen atoms in total. The van der Waals surface area contributed by atoms with Crippen LogP contribution in [0.15, 0.2) is 30.5 Å². The number of hydrogen-bond donors (Lipinski definition) is 0. The summed E-state index contributed by atoms with van der Waals surface area (Å²) in [5.74, 6) is 0.141. The molecule has 1 atom stereocenters. The summed E-state index contributed by atoms with van der Waals surface area (Å²) in [7, 11) is 1.74. The zero-order chi connectivity index (χ0) is 15.5. The van der Waals surface area contributed by atoms with Crippen LogP contribution < -0.4 is 0 Å². The van der Waals surface area contributed by atoms with Crippen LogP contribution in [0, 0.1) is 5.82 Å². The second kappa shape index (κ2) is 6.58. The highest BCUT2D eigenvalue weighted by molar-refractivity contribution is 5.26. The van der Waals surface area contributed by atoms with Crippen molar-refractivity contribution in [2.24, 2.45) is 0 Å². The Balaban J connectivity index is 1.79. The molecule has 22 heavy (non-hydrogen) atoms. The third-order valence-corrected chi connectivity index (χ3v) is 4.21. The molecule has 0 fully saturated rings. The van der Waals surface area contributed by atoms with E-state index in [0.717, 1.165) is 31.7 Å². The number of aryl methyl sites for hydroxylation is 1. The number of fused-ring (bicyclic) bond motifs is 1. The first-order valence-corrected chi connectivity index (χ1v) is 7.71. The molecule has 0 radical (unpaired) electrons. The van der Waals surface area contributed by atoms with Crippen LogP contribution in [0.25, 0.3) is 0 Å². The zero-order valence-corrected chi connectivity index (χ0v) is 13.1. The van der Waals surface area contributed by atoms with E-state index in [0.29, 0.717) is 12.5 Å². The van der Waals surface area contributed by atoms with Crippen molar-refractivity contribution in [3.05, 3.63) is 53.1 Å². The minimum absolute atomic E-state index is 0.189. The van der Waals surface area contributed by atoms with Gasteiger partial charge in [-0.2, -0.15) is 5.10 Å². The van der Waals surface area contributed by atoms with Gasteiger partial charge in [-0.25, -0.2) is 4.39 Å². The highest BCUT2D eigenvalue weighted by Crippen LogP contribution is 2.29. The highest BCUT2D eigenvalue weighted by atomic mass is 19.1. The normalized spacial score (nSPS) is 18.4. The zero-order valence-electron chi connectivity index (χ0n) is 13.1. The number of ether oxygens (including phenoxy) is 1. The number of aromatic nitrogens is 2. The Morgan fingerprint density at radius 3 is 2.77 bits per heavy atom. The number of methoxy groups -OCH3 is 1. The molecule has 0 spiro atoms. The quantitative estimate of drug-likeness (QED) is 0.851. The second-order valence-corrected chi connectivity index (χ2v) is 5.82. The Morgan fingerprint density at radius 1 is 1.32 bits per heavy atom. The Kier molecular flexibility index (Phi) is 4.55. The average Bonchev–Trinajstić information content (AvgIpc) is 2.93. The summed E-state index contributed by atoms with van der Waals surface area (Å²) in [6.07, 6.45) is 1.97. The minimum Gasteiger partial charge on any atom is -0.384 e. The lowest BCUT2D eigenvalue weighted by atomic mass is 9.96. The Morgan fingerprint density at radius 2 is 2.09 bits per heavy atom. The van der Waals surface area contributed by atoms with Gasteiger partial charge in [0, 0.05) is 50.5 Å². The standard InChI is InChI=1S/C17H22FN3O/c1-3-21-17-14(8-19-21)10-20(11-15(17)12-22-2)9-13-4-6-16(18)7-5-13/h4-8,15H,3,9-12H2,1-2H3. The van der Waals surface area contributed by atoms with Gasteiger partial charge in [0.2, 0.25) is 0 Å². The monoisotopic (exact) mass is 303 g/mol. The lowest BCUT2D eigenvalue weighted by molar-refractivity contribution is 0.132. The van der Waals surface area contributed by atoms with Gasteiger partial charge in [0.1, 0.15) is 5.82 Å². The first-order valence-electron chi connectivity index (χ1n) is 7.71. The fourth-order valence-electron chi connectivity index (χ4n) is 3.29. The molecule has 5 heteroatoms. The molecule has 2 aromatic rings. The Hall–Kier alpha value is -1.72. The van der Waals surface area contributed by atoms with Crippen molar-refractivity contribution in [2.75, 3.05) is 20.3 Å². The Bertz CT molecular complexity index is 623. The molecule has 0 saturated heterocycles. The van der Waals surface area contributed by atoms with Gasteiger partial charge in [0.05, 0.1) is 12.8 Å². The second-order valence-electron chi connectivity index (χ2n) is 5.82. The molecule has 2 heterocycles. The van der Waals surface area contributed by atoms with Crippen molar-refractivity contribution in [1.29, 1.82) is 0 Å². The molecule has 3 rings (SSSR count). The molecular formula is C17H22FN3O. The van der Waals surface area contributed by atoms with Gasteiger partial charge in [-0.15, -0.1) is 0 Å². The van der Waals surface area contributed by atoms with Crippen molar-refractivity contribution in [2.45, 2.75) is 32.5 Å². The lowest BCUT2D eigenvalue weighted by Crippen LogP contribution is -2.35. The fraction of sp³-hybridized carbons (Fsp3) is 0.471. The van der Waals surface area contributed by atoms with Crippen LogP contribution in [-0.4, -0.2) is 34.9 Å². The summed E-state index contributed by atoms with van der Waals surface area (Å²) in [5, 5.41) is 4.49. The van der Waals surface area contributed by atoms with Crippen LogP contribution in [0.4, 0.5) is 4.39 Å². The number of hydrogen-bond acceptors (Lipinski definition) is 3. The van der Waals surface area contributed by atoms with E-state index >= 15 is 0 Å². The molecule has 0 amide bonds. The molecule has 0 bridgehead atoms. The molecule has 0 saturated carbocycles. The molecule has 0 N–H and O–H groups in total. The van der Waals surface area contributed by atoms with E-state index in [-0.39, 0.29) is 5.82 Å². The third kappa shape index (κ3) is 3.05. The van der Waals surface area contributed by atoms with Gasteiger partial charge >= 0.3 is 0 Å². The molecule has 1 aromatic heterocycles. The van der Waals surface area contributed by atoms with Gasteiger partial charge in [-0.05, 0) is 24.6 Å². The minimum atomic E-state index is -0.189. The van der Waals surface area contributed by atoms with Crippen molar-refractivity contribution < 1.29 is 9.13 Å².